The van der Waals surface area contributed by atoms with Crippen LogP contribution < -0.4 is 5.32 Å². The number of alkyl halides is 3. The highest BCUT2D eigenvalue weighted by Gasteiger charge is 2.32. The highest BCUT2D eigenvalue weighted by atomic mass is 19.4. The fourth-order valence-corrected chi connectivity index (χ4v) is 3.49. The third-order valence-electron chi connectivity index (χ3n) is 4.85. The molecule has 2 N–H and O–H groups in total. The summed E-state index contributed by atoms with van der Waals surface area (Å²) in [6.07, 6.45) is -2.35. The van der Waals surface area contributed by atoms with Crippen molar-refractivity contribution >= 4 is 5.82 Å². The number of likely N-dealkylation sites (tertiary alicyclic amines) is 1. The van der Waals surface area contributed by atoms with E-state index in [2.05, 4.69) is 27.5 Å². The van der Waals surface area contributed by atoms with Gasteiger partial charge in [-0.15, -0.1) is 10.2 Å². The number of halogens is 3. The Hall–Kier alpha value is -2.35. The summed E-state index contributed by atoms with van der Waals surface area (Å²) >= 11 is 0. The van der Waals surface area contributed by atoms with Gasteiger partial charge in [-0.05, 0) is 69.6 Å². The molecule has 0 aliphatic carbocycles. The maximum Gasteiger partial charge on any atom is 0.416 e. The number of piperidine rings is 1. The molecule has 1 atom stereocenters. The Morgan fingerprint density at radius 2 is 1.89 bits per heavy atom. The van der Waals surface area contributed by atoms with Crippen LogP contribution >= 0.6 is 0 Å². The van der Waals surface area contributed by atoms with Crippen molar-refractivity contribution in [3.05, 3.63) is 34.9 Å². The maximum absolute atomic E-state index is 12.9. The van der Waals surface area contributed by atoms with Gasteiger partial charge in [0.05, 0.1) is 11.3 Å². The summed E-state index contributed by atoms with van der Waals surface area (Å²) in [5.41, 5.74) is 0.855. The average molecular weight is 380 g/mol. The van der Waals surface area contributed by atoms with Crippen LogP contribution in [0, 0.1) is 13.8 Å². The van der Waals surface area contributed by atoms with E-state index in [-0.39, 0.29) is 11.6 Å². The first kappa shape index (κ1) is 19.4. The molecule has 146 valence electrons. The second-order valence-corrected chi connectivity index (χ2v) is 7.19. The molecule has 0 radical (unpaired) electrons. The molecule has 5 nitrogen and oxygen atoms in total. The number of hydrogen-bond acceptors (Lipinski definition) is 5. The zero-order valence-corrected chi connectivity index (χ0v) is 15.6. The van der Waals surface area contributed by atoms with Crippen LogP contribution in [0.1, 0.15) is 29.5 Å². The topological polar surface area (TPSA) is 61.3 Å². The fourth-order valence-electron chi connectivity index (χ4n) is 3.49. The van der Waals surface area contributed by atoms with Gasteiger partial charge in [0, 0.05) is 18.2 Å². The van der Waals surface area contributed by atoms with Gasteiger partial charge in [-0.25, -0.2) is 0 Å². The normalized spacial score (nSPS) is 18.5. The maximum atomic E-state index is 12.9. The number of hydrogen-bond donors (Lipinski definition) is 2. The van der Waals surface area contributed by atoms with E-state index in [9.17, 15) is 18.3 Å². The monoisotopic (exact) mass is 380 g/mol. The summed E-state index contributed by atoms with van der Waals surface area (Å²) in [5.74, 6) is 0.203. The molecular weight excluding hydrogens is 357 g/mol. The van der Waals surface area contributed by atoms with Crippen LogP contribution in [-0.4, -0.2) is 46.4 Å². The molecule has 0 bridgehead atoms. The quantitative estimate of drug-likeness (QED) is 0.843. The van der Waals surface area contributed by atoms with Crippen molar-refractivity contribution in [2.45, 2.75) is 38.9 Å². The van der Waals surface area contributed by atoms with Crippen LogP contribution in [0.15, 0.2) is 18.2 Å². The molecule has 0 spiro atoms. The highest BCUT2D eigenvalue weighted by Crippen LogP contribution is 2.38. The van der Waals surface area contributed by atoms with Crippen molar-refractivity contribution in [1.82, 2.24) is 15.1 Å². The lowest BCUT2D eigenvalue weighted by atomic mass is 10.00. The molecule has 1 aliphatic heterocycles. The van der Waals surface area contributed by atoms with Crippen LogP contribution in [0.4, 0.5) is 19.0 Å². The van der Waals surface area contributed by atoms with E-state index in [4.69, 9.17) is 0 Å². The van der Waals surface area contributed by atoms with E-state index >= 15 is 0 Å². The predicted molar refractivity (Wildman–Crippen MR) is 97.8 cm³/mol. The average Bonchev–Trinajstić information content (AvgIpc) is 2.56. The van der Waals surface area contributed by atoms with Crippen molar-refractivity contribution in [3.63, 3.8) is 0 Å². The van der Waals surface area contributed by atoms with Crippen LogP contribution in [0.3, 0.4) is 0 Å². The van der Waals surface area contributed by atoms with E-state index in [1.165, 1.54) is 6.92 Å². The van der Waals surface area contributed by atoms with Gasteiger partial charge in [0.1, 0.15) is 5.75 Å². The lowest BCUT2D eigenvalue weighted by Gasteiger charge is -2.30. The minimum atomic E-state index is -4.51. The van der Waals surface area contributed by atoms with Crippen molar-refractivity contribution < 1.29 is 18.3 Å². The van der Waals surface area contributed by atoms with E-state index < -0.39 is 17.5 Å². The lowest BCUT2D eigenvalue weighted by Crippen LogP contribution is -2.40. The summed E-state index contributed by atoms with van der Waals surface area (Å²) in [5, 5.41) is 21.9. The minimum absolute atomic E-state index is 0.266. The molecule has 1 aliphatic rings. The van der Waals surface area contributed by atoms with Gasteiger partial charge in [-0.3, -0.25) is 0 Å². The first-order valence-electron chi connectivity index (χ1n) is 8.85. The van der Waals surface area contributed by atoms with Crippen molar-refractivity contribution in [3.8, 4) is 17.0 Å². The van der Waals surface area contributed by atoms with Gasteiger partial charge in [0.15, 0.2) is 5.82 Å². The number of aromatic hydroxyl groups is 1. The molecule has 27 heavy (non-hydrogen) atoms. The molecule has 1 aromatic heterocycles. The Morgan fingerprint density at radius 1 is 1.15 bits per heavy atom. The van der Waals surface area contributed by atoms with Crippen molar-refractivity contribution in [1.29, 1.82) is 0 Å². The molecule has 2 heterocycles. The molecule has 0 saturated carbocycles. The molecule has 1 aromatic carbocycles. The number of benzene rings is 1. The molecule has 0 amide bonds. The van der Waals surface area contributed by atoms with Crippen LogP contribution in [0.25, 0.3) is 11.3 Å². The third kappa shape index (κ3) is 4.32. The van der Waals surface area contributed by atoms with Gasteiger partial charge in [0.2, 0.25) is 0 Å². The Labute approximate surface area is 156 Å². The van der Waals surface area contributed by atoms with Gasteiger partial charge >= 0.3 is 6.18 Å². The standard InChI is InChI=1S/C19H23F3N4O/c1-11-7-13(19(20,21)22)9-16(27)17(11)15-8-12(2)18(25-24-15)23-14-5-4-6-26(3)10-14/h7-9,14,27H,4-6,10H2,1-3H3,(H,23,25)/t14-/m0/s1. The van der Waals surface area contributed by atoms with Crippen LogP contribution in [0.5, 0.6) is 5.75 Å². The first-order chi connectivity index (χ1) is 12.6. The second kappa shape index (κ2) is 7.34. The summed E-state index contributed by atoms with van der Waals surface area (Å²) in [7, 11) is 2.08. The van der Waals surface area contributed by atoms with Crippen LogP contribution in [-0.2, 0) is 6.18 Å². The Kier molecular flexibility index (Phi) is 5.28. The highest BCUT2D eigenvalue weighted by molar-refractivity contribution is 5.72. The van der Waals surface area contributed by atoms with E-state index in [1.807, 2.05) is 6.92 Å². The van der Waals surface area contributed by atoms with Gasteiger partial charge in [-0.2, -0.15) is 13.2 Å². The molecule has 1 fully saturated rings. The number of nitrogens with one attached hydrogen (secondary N) is 1. The predicted octanol–water partition coefficient (Wildman–Crippen LogP) is 3.99. The van der Waals surface area contributed by atoms with Gasteiger partial charge < -0.3 is 15.3 Å². The third-order valence-corrected chi connectivity index (χ3v) is 4.85. The minimum Gasteiger partial charge on any atom is -0.507 e. The number of aromatic nitrogens is 2. The SMILES string of the molecule is Cc1cc(-c2c(C)cc(C(F)(F)F)cc2O)nnc1N[C@H]1CCCN(C)C1. The largest absolute Gasteiger partial charge is 0.507 e. The Balaban J connectivity index is 1.87. The Morgan fingerprint density at radius 3 is 2.48 bits per heavy atom. The molecule has 2 aromatic rings. The second-order valence-electron chi connectivity index (χ2n) is 7.19. The summed E-state index contributed by atoms with van der Waals surface area (Å²) in [6.45, 7) is 5.38. The smallest absolute Gasteiger partial charge is 0.416 e. The number of nitrogens with zero attached hydrogens (tertiary/aromatic N) is 3. The number of aryl methyl sites for hydroxylation is 2. The molecule has 0 unspecified atom stereocenters. The lowest BCUT2D eigenvalue weighted by molar-refractivity contribution is -0.137. The van der Waals surface area contributed by atoms with Crippen LogP contribution in [0.2, 0.25) is 0 Å². The summed E-state index contributed by atoms with van der Waals surface area (Å²) in [6, 6.07) is 3.75. The van der Waals surface area contributed by atoms with E-state index in [0.717, 1.165) is 43.6 Å². The number of phenolic OH excluding ortho intramolecular Hbond substituents is 1. The molecule has 8 heteroatoms. The number of anilines is 1. The zero-order valence-electron chi connectivity index (χ0n) is 15.6. The summed E-state index contributed by atoms with van der Waals surface area (Å²) < 4.78 is 38.7. The van der Waals surface area contributed by atoms with E-state index in [1.54, 1.807) is 6.07 Å². The number of rotatable bonds is 3. The summed E-state index contributed by atoms with van der Waals surface area (Å²) in [4.78, 5) is 2.25. The number of likely N-dealkylation sites (N-methyl/N-ethyl adjacent to an activating group) is 1. The van der Waals surface area contributed by atoms with Crippen molar-refractivity contribution in [2.24, 2.45) is 0 Å². The Bertz CT molecular complexity index is 815. The van der Waals surface area contributed by atoms with E-state index in [0.29, 0.717) is 17.1 Å². The van der Waals surface area contributed by atoms with Gasteiger partial charge in [-0.1, -0.05) is 0 Å². The number of phenols is 1. The zero-order chi connectivity index (χ0) is 19.8. The van der Waals surface area contributed by atoms with Gasteiger partial charge in [0.25, 0.3) is 0 Å². The molecule has 1 saturated heterocycles. The first-order valence-corrected chi connectivity index (χ1v) is 8.85. The fraction of sp³-hybridized carbons (Fsp3) is 0.474. The molecular formula is C19H23F3N4O. The molecule has 3 rings (SSSR count). The van der Waals surface area contributed by atoms with Crippen molar-refractivity contribution in [2.75, 3.05) is 25.5 Å².